The fraction of sp³-hybridized carbons (Fsp3) is 0.542. The third-order valence-electron chi connectivity index (χ3n) is 4.92. The van der Waals surface area contributed by atoms with E-state index < -0.39 is 17.3 Å². The predicted molar refractivity (Wildman–Crippen MR) is 121 cm³/mol. The highest BCUT2D eigenvalue weighted by molar-refractivity contribution is 5.93. The number of hydrogen-bond donors (Lipinski definition) is 1. The lowest BCUT2D eigenvalue weighted by Gasteiger charge is -2.34. The van der Waals surface area contributed by atoms with Gasteiger partial charge in [0.15, 0.2) is 0 Å². The maximum atomic E-state index is 12.5. The van der Waals surface area contributed by atoms with Crippen LogP contribution in [0.1, 0.15) is 60.1 Å². The molecule has 0 spiro atoms. The van der Waals surface area contributed by atoms with Crippen LogP contribution in [0.15, 0.2) is 24.3 Å². The normalized spacial score (nSPS) is 15.8. The van der Waals surface area contributed by atoms with Gasteiger partial charge in [0.25, 0.3) is 0 Å². The molecule has 7 heteroatoms. The van der Waals surface area contributed by atoms with Gasteiger partial charge in [0.1, 0.15) is 11.2 Å². The first kappa shape index (κ1) is 23.0. The molecule has 0 bridgehead atoms. The number of hydrogen-bond acceptors (Lipinski definition) is 5. The Hall–Kier alpha value is -2.70. The quantitative estimate of drug-likeness (QED) is 0.704. The number of likely N-dealkylation sites (tertiary alicyclic amines) is 1. The molecule has 1 amide bonds. The van der Waals surface area contributed by atoms with E-state index in [1.54, 1.807) is 11.0 Å². The number of benzene rings is 1. The summed E-state index contributed by atoms with van der Waals surface area (Å²) in [6.07, 6.45) is 0.915. The molecule has 1 aromatic carbocycles. The summed E-state index contributed by atoms with van der Waals surface area (Å²) in [5.41, 5.74) is 0.906. The Bertz CT molecular complexity index is 958. The lowest BCUT2D eigenvalue weighted by molar-refractivity contribution is 0.0210. The van der Waals surface area contributed by atoms with E-state index in [0.29, 0.717) is 24.3 Å². The Morgan fingerprint density at radius 3 is 2.13 bits per heavy atom. The van der Waals surface area contributed by atoms with Crippen molar-refractivity contribution in [1.82, 2.24) is 9.47 Å². The third kappa shape index (κ3) is 5.93. The summed E-state index contributed by atoms with van der Waals surface area (Å²) in [6, 6.07) is 7.81. The standard InChI is InChI=1S/C24H33N3O4/c1-16-14-17-15-19(8-9-20(17)27(16)22(29)31-24(5,6)7)25-18-10-12-26(13-11-18)21(28)30-23(2,3)4/h1,8-9,14-15,18,25H,10-13H2,2-7H3. The topological polar surface area (TPSA) is 72.8 Å². The SMILES string of the molecule is [CH]c1cc2cc(NC3CCN(C(=O)OC(C)(C)C)CC3)ccc2n1C(=O)OC(C)(C)C. The fourth-order valence-electron chi connectivity index (χ4n) is 3.61. The largest absolute Gasteiger partial charge is 0.444 e. The van der Waals surface area contributed by atoms with Crippen LogP contribution >= 0.6 is 0 Å². The fourth-order valence-corrected chi connectivity index (χ4v) is 3.61. The zero-order chi connectivity index (χ0) is 23.0. The second-order valence-corrected chi connectivity index (χ2v) is 10.0. The molecule has 7 nitrogen and oxygen atoms in total. The highest BCUT2D eigenvalue weighted by Gasteiger charge is 2.27. The predicted octanol–water partition coefficient (Wildman–Crippen LogP) is 5.30. The molecule has 0 atom stereocenters. The van der Waals surface area contributed by atoms with Crippen LogP contribution in [-0.4, -0.2) is 52.0 Å². The Morgan fingerprint density at radius 1 is 0.968 bits per heavy atom. The van der Waals surface area contributed by atoms with E-state index in [2.05, 4.69) is 5.32 Å². The molecule has 31 heavy (non-hydrogen) atoms. The molecule has 168 valence electrons. The summed E-state index contributed by atoms with van der Waals surface area (Å²) in [4.78, 5) is 26.5. The van der Waals surface area contributed by atoms with Crippen molar-refractivity contribution in [1.29, 1.82) is 0 Å². The smallest absolute Gasteiger partial charge is 0.419 e. The number of amides is 1. The first-order valence-electron chi connectivity index (χ1n) is 10.7. The van der Waals surface area contributed by atoms with Gasteiger partial charge in [-0.05, 0) is 78.6 Å². The van der Waals surface area contributed by atoms with E-state index >= 15 is 0 Å². The summed E-state index contributed by atoms with van der Waals surface area (Å²) in [5, 5.41) is 4.39. The van der Waals surface area contributed by atoms with Crippen molar-refractivity contribution in [2.75, 3.05) is 18.4 Å². The van der Waals surface area contributed by atoms with Crippen LogP contribution in [0, 0.1) is 6.92 Å². The molecule has 1 aliphatic rings. The van der Waals surface area contributed by atoms with Gasteiger partial charge in [0, 0.05) is 42.8 Å². The van der Waals surface area contributed by atoms with Crippen LogP contribution in [0.4, 0.5) is 15.3 Å². The van der Waals surface area contributed by atoms with Crippen molar-refractivity contribution in [3.8, 4) is 0 Å². The van der Waals surface area contributed by atoms with Gasteiger partial charge >= 0.3 is 12.2 Å². The van der Waals surface area contributed by atoms with Crippen LogP contribution in [-0.2, 0) is 9.47 Å². The zero-order valence-corrected chi connectivity index (χ0v) is 19.3. The molecule has 1 aromatic heterocycles. The molecule has 0 aliphatic carbocycles. The second-order valence-electron chi connectivity index (χ2n) is 10.0. The van der Waals surface area contributed by atoms with Gasteiger partial charge in [-0.1, -0.05) is 0 Å². The van der Waals surface area contributed by atoms with Crippen molar-refractivity contribution in [3.63, 3.8) is 0 Å². The van der Waals surface area contributed by atoms with Crippen LogP contribution in [0.3, 0.4) is 0 Å². The van der Waals surface area contributed by atoms with Gasteiger partial charge in [0.2, 0.25) is 0 Å². The highest BCUT2D eigenvalue weighted by atomic mass is 16.6. The minimum atomic E-state index is -0.601. The molecule has 2 heterocycles. The summed E-state index contributed by atoms with van der Waals surface area (Å²) in [7, 11) is 0. The molecule has 0 unspecified atom stereocenters. The lowest BCUT2D eigenvalue weighted by atomic mass is 10.0. The first-order valence-corrected chi connectivity index (χ1v) is 10.7. The summed E-state index contributed by atoms with van der Waals surface area (Å²) < 4.78 is 12.3. The molecule has 2 radical (unpaired) electrons. The number of carbonyl (C=O) groups is 2. The summed E-state index contributed by atoms with van der Waals surface area (Å²) in [5.74, 6) is 0. The van der Waals surface area contributed by atoms with Crippen LogP contribution in [0.2, 0.25) is 0 Å². The number of anilines is 1. The molecular weight excluding hydrogens is 394 g/mol. The molecule has 1 N–H and O–H groups in total. The van der Waals surface area contributed by atoms with Gasteiger partial charge in [-0.3, -0.25) is 0 Å². The van der Waals surface area contributed by atoms with E-state index in [1.807, 2.05) is 59.7 Å². The molecule has 1 aliphatic heterocycles. The average molecular weight is 428 g/mol. The lowest BCUT2D eigenvalue weighted by Crippen LogP contribution is -2.44. The number of fused-ring (bicyclic) bond motifs is 1. The Morgan fingerprint density at radius 2 is 1.55 bits per heavy atom. The monoisotopic (exact) mass is 427 g/mol. The summed E-state index contributed by atoms with van der Waals surface area (Å²) >= 11 is 0. The summed E-state index contributed by atoms with van der Waals surface area (Å²) in [6.45, 7) is 18.5. The van der Waals surface area contributed by atoms with Crippen LogP contribution in [0.5, 0.6) is 0 Å². The maximum Gasteiger partial charge on any atom is 0.419 e. The number of nitrogens with zero attached hydrogens (tertiary/aromatic N) is 2. The number of aromatic nitrogens is 1. The third-order valence-corrected chi connectivity index (χ3v) is 4.92. The molecule has 0 saturated carbocycles. The number of carbonyl (C=O) groups excluding carboxylic acids is 2. The minimum Gasteiger partial charge on any atom is -0.444 e. The first-order chi connectivity index (χ1) is 14.3. The van der Waals surface area contributed by atoms with Gasteiger partial charge in [0.05, 0.1) is 5.52 Å². The number of ether oxygens (including phenoxy) is 2. The van der Waals surface area contributed by atoms with E-state index in [0.717, 1.165) is 23.9 Å². The van der Waals surface area contributed by atoms with Gasteiger partial charge < -0.3 is 19.7 Å². The van der Waals surface area contributed by atoms with Gasteiger partial charge in [-0.2, -0.15) is 0 Å². The van der Waals surface area contributed by atoms with Crippen LogP contribution < -0.4 is 5.32 Å². The van der Waals surface area contributed by atoms with Crippen molar-refractivity contribution >= 4 is 28.8 Å². The molecule has 1 fully saturated rings. The van der Waals surface area contributed by atoms with Gasteiger partial charge in [-0.15, -0.1) is 0 Å². The molecule has 3 rings (SSSR count). The van der Waals surface area contributed by atoms with E-state index in [4.69, 9.17) is 16.4 Å². The van der Waals surface area contributed by atoms with Gasteiger partial charge in [-0.25, -0.2) is 14.2 Å². The van der Waals surface area contributed by atoms with Crippen LogP contribution in [0.25, 0.3) is 10.9 Å². The Labute approximate surface area is 184 Å². The Balaban J connectivity index is 1.65. The Kier molecular flexibility index (Phi) is 6.25. The number of nitrogens with one attached hydrogen (secondary N) is 1. The maximum absolute atomic E-state index is 12.5. The van der Waals surface area contributed by atoms with Crippen molar-refractivity contribution in [3.05, 3.63) is 36.9 Å². The average Bonchev–Trinajstić information content (AvgIpc) is 2.94. The number of rotatable bonds is 2. The minimum absolute atomic E-state index is 0.251. The van der Waals surface area contributed by atoms with E-state index in [-0.39, 0.29) is 12.1 Å². The molecule has 2 aromatic rings. The van der Waals surface area contributed by atoms with E-state index in [9.17, 15) is 9.59 Å². The van der Waals surface area contributed by atoms with Crippen molar-refractivity contribution in [2.45, 2.75) is 71.6 Å². The number of piperidine rings is 1. The highest BCUT2D eigenvalue weighted by Crippen LogP contribution is 2.26. The van der Waals surface area contributed by atoms with Crippen molar-refractivity contribution < 1.29 is 19.1 Å². The zero-order valence-electron chi connectivity index (χ0n) is 19.3. The molecular formula is C24H33N3O4. The van der Waals surface area contributed by atoms with Crippen molar-refractivity contribution in [2.24, 2.45) is 0 Å². The molecule has 1 saturated heterocycles. The second kappa shape index (κ2) is 8.44. The van der Waals surface area contributed by atoms with E-state index in [1.165, 1.54) is 4.57 Å².